The molecule has 0 aromatic carbocycles. The number of halogens is 3. The fourth-order valence-corrected chi connectivity index (χ4v) is 7.20. The summed E-state index contributed by atoms with van der Waals surface area (Å²) < 4.78 is 42.1. The van der Waals surface area contributed by atoms with Crippen molar-refractivity contribution < 1.29 is 18.0 Å². The molecule has 1 amide bonds. The maximum Gasteiger partial charge on any atom is 0.433 e. The van der Waals surface area contributed by atoms with Crippen LogP contribution < -0.4 is 5.32 Å². The average molecular weight is 463 g/mol. The minimum Gasteiger partial charge on any atom is -0.347 e. The fourth-order valence-electron chi connectivity index (χ4n) is 7.20. The third kappa shape index (κ3) is 3.93. The number of fused-ring (bicyclic) bond motifs is 1. The van der Waals surface area contributed by atoms with E-state index in [-0.39, 0.29) is 22.8 Å². The summed E-state index contributed by atoms with van der Waals surface area (Å²) in [5.41, 5.74) is -1.02. The maximum absolute atomic E-state index is 13.8. The van der Waals surface area contributed by atoms with Gasteiger partial charge in [0.1, 0.15) is 5.69 Å². The van der Waals surface area contributed by atoms with E-state index in [1.54, 1.807) is 0 Å². The number of carbonyl (C=O) groups is 1. The normalized spacial score (nSPS) is 30.1. The predicted molar refractivity (Wildman–Crippen MR) is 119 cm³/mol. The van der Waals surface area contributed by atoms with Crippen LogP contribution in [0.3, 0.4) is 0 Å². The molecule has 0 aliphatic heterocycles. The van der Waals surface area contributed by atoms with Crippen LogP contribution in [0.4, 0.5) is 13.2 Å². The van der Waals surface area contributed by atoms with Crippen LogP contribution in [0.25, 0.3) is 5.65 Å². The van der Waals surface area contributed by atoms with Gasteiger partial charge in [0.15, 0.2) is 11.3 Å². The first-order chi connectivity index (χ1) is 15.4. The van der Waals surface area contributed by atoms with Gasteiger partial charge >= 0.3 is 6.18 Å². The lowest BCUT2D eigenvalue weighted by atomic mass is 9.47. The van der Waals surface area contributed by atoms with E-state index in [0.717, 1.165) is 54.0 Å². The summed E-state index contributed by atoms with van der Waals surface area (Å²) in [5.74, 6) is 1.86. The molecule has 6 rings (SSSR count). The lowest BCUT2D eigenvalue weighted by Crippen LogP contribution is -2.56. The third-order valence-corrected chi connectivity index (χ3v) is 8.26. The highest BCUT2D eigenvalue weighted by molar-refractivity contribution is 5.93. The molecule has 2 heterocycles. The minimum absolute atomic E-state index is 0.0118. The van der Waals surface area contributed by atoms with Crippen LogP contribution in [0, 0.1) is 23.2 Å². The highest BCUT2D eigenvalue weighted by atomic mass is 19.4. The minimum atomic E-state index is -4.61. The van der Waals surface area contributed by atoms with Gasteiger partial charge in [-0.25, -0.2) is 9.50 Å². The first kappa shape index (κ1) is 22.7. The van der Waals surface area contributed by atoms with Crippen LogP contribution in [0.1, 0.15) is 94.5 Å². The second kappa shape index (κ2) is 7.44. The van der Waals surface area contributed by atoms with E-state index >= 15 is 0 Å². The van der Waals surface area contributed by atoms with Crippen LogP contribution in [-0.2, 0) is 11.6 Å². The van der Waals surface area contributed by atoms with Crippen LogP contribution >= 0.6 is 0 Å². The van der Waals surface area contributed by atoms with Gasteiger partial charge in [0, 0.05) is 17.5 Å². The van der Waals surface area contributed by atoms with Gasteiger partial charge in [-0.1, -0.05) is 27.7 Å². The summed E-state index contributed by atoms with van der Waals surface area (Å²) in [5, 5.41) is 7.24. The molecule has 5 nitrogen and oxygen atoms in total. The third-order valence-electron chi connectivity index (χ3n) is 8.26. The number of nitrogens with one attached hydrogen (secondary N) is 1. The van der Waals surface area contributed by atoms with Gasteiger partial charge in [-0.15, -0.1) is 0 Å². The summed E-state index contributed by atoms with van der Waals surface area (Å²) in [7, 11) is 0. The first-order valence-electron chi connectivity index (χ1n) is 12.2. The molecule has 4 aliphatic carbocycles. The van der Waals surface area contributed by atoms with Crippen LogP contribution in [-0.4, -0.2) is 26.5 Å². The van der Waals surface area contributed by atoms with Gasteiger partial charge in [0.2, 0.25) is 0 Å². The Hall–Kier alpha value is -2.12. The Kier molecular flexibility index (Phi) is 5.11. The molecular weight excluding hydrogens is 429 g/mol. The number of nitrogens with zero attached hydrogens (tertiary/aromatic N) is 3. The first-order valence-corrected chi connectivity index (χ1v) is 12.2. The molecule has 0 spiro atoms. The van der Waals surface area contributed by atoms with Crippen molar-refractivity contribution in [1.29, 1.82) is 0 Å². The standard InChI is InChI=1S/C25H33F3N4O/c1-5-18(24-11-14-6-15(12-24)8-16(7-14)13-24)30-22(33)17-9-21-29-19(23(2,3)4)10-20(25(26,27)28)32(21)31-17/h9-10,14-16,18H,5-8,11-13H2,1-4H3,(H,30,33). The molecule has 2 aromatic rings. The molecule has 180 valence electrons. The Morgan fingerprint density at radius 1 is 1.12 bits per heavy atom. The zero-order chi connectivity index (χ0) is 23.8. The number of aromatic nitrogens is 3. The number of carbonyl (C=O) groups excluding carboxylic acids is 1. The van der Waals surface area contributed by atoms with Crippen molar-refractivity contribution in [2.45, 2.75) is 90.3 Å². The van der Waals surface area contributed by atoms with Gasteiger partial charge in [0.05, 0.1) is 5.69 Å². The van der Waals surface area contributed by atoms with Crippen molar-refractivity contribution in [2.24, 2.45) is 23.2 Å². The van der Waals surface area contributed by atoms with Crippen molar-refractivity contribution in [2.75, 3.05) is 0 Å². The molecule has 33 heavy (non-hydrogen) atoms. The molecule has 4 bridgehead atoms. The molecule has 0 saturated heterocycles. The van der Waals surface area contributed by atoms with Crippen LogP contribution in [0.5, 0.6) is 0 Å². The molecule has 4 saturated carbocycles. The zero-order valence-corrected chi connectivity index (χ0v) is 19.8. The highest BCUT2D eigenvalue weighted by Gasteiger charge is 2.54. The second-order valence-corrected chi connectivity index (χ2v) is 11.8. The molecular formula is C25H33F3N4O. The number of alkyl halides is 3. The van der Waals surface area contributed by atoms with Gasteiger partial charge in [0.25, 0.3) is 5.91 Å². The molecule has 4 aliphatic rings. The molecule has 4 fully saturated rings. The summed E-state index contributed by atoms with van der Waals surface area (Å²) >= 11 is 0. The van der Waals surface area contributed by atoms with Crippen molar-refractivity contribution in [1.82, 2.24) is 19.9 Å². The van der Waals surface area contributed by atoms with Crippen molar-refractivity contribution in [3.8, 4) is 0 Å². The SMILES string of the molecule is CCC(NC(=O)c1cc2nc(C(C)(C)C)cc(C(F)(F)F)n2n1)C12CC3CC(CC(C3)C1)C2. The maximum atomic E-state index is 13.8. The Balaban J connectivity index is 1.46. The highest BCUT2D eigenvalue weighted by Crippen LogP contribution is 2.61. The predicted octanol–water partition coefficient (Wildman–Crippen LogP) is 5.77. The van der Waals surface area contributed by atoms with Gasteiger partial charge in [-0.05, 0) is 74.2 Å². The van der Waals surface area contributed by atoms with Gasteiger partial charge in [-0.3, -0.25) is 4.79 Å². The Labute approximate surface area is 192 Å². The Morgan fingerprint density at radius 2 is 1.70 bits per heavy atom. The van der Waals surface area contributed by atoms with Crippen LogP contribution in [0.15, 0.2) is 12.1 Å². The smallest absolute Gasteiger partial charge is 0.347 e. The van der Waals surface area contributed by atoms with E-state index in [1.807, 2.05) is 20.8 Å². The molecule has 1 unspecified atom stereocenters. The van der Waals surface area contributed by atoms with Crippen LogP contribution in [0.2, 0.25) is 0 Å². The average Bonchev–Trinajstić information content (AvgIpc) is 3.12. The lowest BCUT2D eigenvalue weighted by Gasteiger charge is -2.59. The quantitative estimate of drug-likeness (QED) is 0.628. The monoisotopic (exact) mass is 462 g/mol. The lowest BCUT2D eigenvalue weighted by molar-refractivity contribution is -0.142. The van der Waals surface area contributed by atoms with E-state index in [4.69, 9.17) is 0 Å². The largest absolute Gasteiger partial charge is 0.433 e. The van der Waals surface area contributed by atoms with Crippen molar-refractivity contribution >= 4 is 11.6 Å². The fraction of sp³-hybridized carbons (Fsp3) is 0.720. The summed E-state index contributed by atoms with van der Waals surface area (Å²) in [4.78, 5) is 17.6. The second-order valence-electron chi connectivity index (χ2n) is 11.8. The molecule has 1 N–H and O–H groups in total. The molecule has 0 radical (unpaired) electrons. The number of hydrogen-bond donors (Lipinski definition) is 1. The Bertz CT molecular complexity index is 1050. The topological polar surface area (TPSA) is 59.3 Å². The van der Waals surface area contributed by atoms with E-state index in [9.17, 15) is 18.0 Å². The van der Waals surface area contributed by atoms with E-state index in [2.05, 4.69) is 22.3 Å². The number of amides is 1. The molecule has 8 heteroatoms. The van der Waals surface area contributed by atoms with Crippen molar-refractivity contribution in [3.05, 3.63) is 29.2 Å². The number of hydrogen-bond acceptors (Lipinski definition) is 3. The van der Waals surface area contributed by atoms with E-state index in [1.165, 1.54) is 25.3 Å². The van der Waals surface area contributed by atoms with Crippen molar-refractivity contribution in [3.63, 3.8) is 0 Å². The van der Waals surface area contributed by atoms with E-state index in [0.29, 0.717) is 5.69 Å². The Morgan fingerprint density at radius 3 is 2.18 bits per heavy atom. The summed E-state index contributed by atoms with van der Waals surface area (Å²) in [6.45, 7) is 7.53. The molecule has 2 aromatic heterocycles. The molecule has 1 atom stereocenters. The summed E-state index contributed by atoms with van der Waals surface area (Å²) in [6, 6.07) is 2.43. The van der Waals surface area contributed by atoms with Gasteiger partial charge in [-0.2, -0.15) is 18.3 Å². The summed E-state index contributed by atoms with van der Waals surface area (Å²) in [6.07, 6.45) is 3.61. The zero-order valence-electron chi connectivity index (χ0n) is 19.8. The number of rotatable bonds is 4. The van der Waals surface area contributed by atoms with E-state index < -0.39 is 23.2 Å². The van der Waals surface area contributed by atoms with Gasteiger partial charge < -0.3 is 5.32 Å².